The molecule has 0 amide bonds. The van der Waals surface area contributed by atoms with Gasteiger partial charge in [0.1, 0.15) is 5.54 Å². The van der Waals surface area contributed by atoms with Gasteiger partial charge in [-0.1, -0.05) is 6.92 Å². The predicted molar refractivity (Wildman–Crippen MR) is 72.8 cm³/mol. The van der Waals surface area contributed by atoms with Crippen LogP contribution in [0.25, 0.3) is 0 Å². The second-order valence-corrected chi connectivity index (χ2v) is 5.63. The fourth-order valence-electron chi connectivity index (χ4n) is 3.14. The first-order valence-electron chi connectivity index (χ1n) is 7.13. The van der Waals surface area contributed by atoms with Crippen LogP contribution in [-0.2, 0) is 9.47 Å². The average molecular weight is 267 g/mol. The number of likely N-dealkylation sites (N-methyl/N-ethyl adjacent to an activating group) is 1. The highest BCUT2D eigenvalue weighted by molar-refractivity contribution is 5.17. The number of ether oxygens (including phenoxy) is 2. The molecule has 0 spiro atoms. The van der Waals surface area contributed by atoms with E-state index in [2.05, 4.69) is 23.2 Å². The highest BCUT2D eigenvalue weighted by Gasteiger charge is 2.48. The van der Waals surface area contributed by atoms with Crippen molar-refractivity contribution in [1.82, 2.24) is 10.2 Å². The van der Waals surface area contributed by atoms with Crippen LogP contribution in [0.5, 0.6) is 0 Å². The van der Waals surface area contributed by atoms with Crippen LogP contribution >= 0.6 is 0 Å². The standard InChI is InChI=1S/C14H25N3O2/c1-4-16-14(9-15,11-5-6-11)10-17-7-12(18-2)13(8-17)19-3/h11-13,16H,4-8,10H2,1-3H3. The molecule has 3 unspecified atom stereocenters. The molecule has 2 rings (SSSR count). The van der Waals surface area contributed by atoms with E-state index in [1.807, 2.05) is 0 Å². The molecule has 1 aliphatic heterocycles. The predicted octanol–water partition coefficient (Wildman–Crippen LogP) is 0.614. The van der Waals surface area contributed by atoms with Crippen molar-refractivity contribution in [1.29, 1.82) is 5.26 Å². The molecule has 0 aromatic heterocycles. The molecule has 1 saturated heterocycles. The molecule has 1 saturated carbocycles. The van der Waals surface area contributed by atoms with Gasteiger partial charge in [-0.2, -0.15) is 5.26 Å². The minimum Gasteiger partial charge on any atom is -0.377 e. The van der Waals surface area contributed by atoms with Crippen molar-refractivity contribution in [3.05, 3.63) is 0 Å². The van der Waals surface area contributed by atoms with Gasteiger partial charge >= 0.3 is 0 Å². The van der Waals surface area contributed by atoms with Gasteiger partial charge in [-0.05, 0) is 25.3 Å². The smallest absolute Gasteiger partial charge is 0.122 e. The van der Waals surface area contributed by atoms with E-state index < -0.39 is 5.54 Å². The van der Waals surface area contributed by atoms with Crippen LogP contribution in [0.4, 0.5) is 0 Å². The Balaban J connectivity index is 2.00. The maximum absolute atomic E-state index is 9.62. The quantitative estimate of drug-likeness (QED) is 0.732. The molecular formula is C14H25N3O2. The van der Waals surface area contributed by atoms with Crippen LogP contribution < -0.4 is 5.32 Å². The van der Waals surface area contributed by atoms with Crippen LogP contribution in [0.2, 0.25) is 0 Å². The largest absolute Gasteiger partial charge is 0.377 e. The number of nitrogens with one attached hydrogen (secondary N) is 1. The molecule has 3 atom stereocenters. The van der Waals surface area contributed by atoms with Crippen molar-refractivity contribution in [3.8, 4) is 6.07 Å². The molecular weight excluding hydrogens is 242 g/mol. The third-order valence-electron chi connectivity index (χ3n) is 4.34. The number of likely N-dealkylation sites (tertiary alicyclic amines) is 1. The summed E-state index contributed by atoms with van der Waals surface area (Å²) in [6, 6.07) is 2.54. The zero-order chi connectivity index (χ0) is 13.9. The minimum absolute atomic E-state index is 0.113. The fraction of sp³-hybridized carbons (Fsp3) is 0.929. The lowest BCUT2D eigenvalue weighted by atomic mass is 9.94. The van der Waals surface area contributed by atoms with Gasteiger partial charge in [0.15, 0.2) is 0 Å². The number of rotatable bonds is 7. The summed E-state index contributed by atoms with van der Waals surface area (Å²) in [6.45, 7) is 5.35. The summed E-state index contributed by atoms with van der Waals surface area (Å²) in [6.07, 6.45) is 2.55. The first kappa shape index (κ1) is 14.7. The molecule has 19 heavy (non-hydrogen) atoms. The van der Waals surface area contributed by atoms with E-state index in [1.165, 1.54) is 0 Å². The van der Waals surface area contributed by atoms with Gasteiger partial charge in [-0.15, -0.1) is 0 Å². The van der Waals surface area contributed by atoms with E-state index >= 15 is 0 Å². The van der Waals surface area contributed by atoms with Gasteiger partial charge in [0.05, 0.1) is 18.3 Å². The van der Waals surface area contributed by atoms with Gasteiger partial charge in [-0.3, -0.25) is 10.2 Å². The molecule has 1 aliphatic carbocycles. The Morgan fingerprint density at radius 2 is 1.84 bits per heavy atom. The monoisotopic (exact) mass is 267 g/mol. The van der Waals surface area contributed by atoms with Crippen molar-refractivity contribution < 1.29 is 9.47 Å². The average Bonchev–Trinajstić information content (AvgIpc) is 3.20. The van der Waals surface area contributed by atoms with E-state index in [1.54, 1.807) is 14.2 Å². The fourth-order valence-corrected chi connectivity index (χ4v) is 3.14. The summed E-state index contributed by atoms with van der Waals surface area (Å²) in [5, 5.41) is 13.0. The Kier molecular flexibility index (Phi) is 4.80. The molecule has 0 aromatic rings. The Morgan fingerprint density at radius 3 is 2.21 bits per heavy atom. The molecule has 108 valence electrons. The zero-order valence-corrected chi connectivity index (χ0v) is 12.2. The van der Waals surface area contributed by atoms with Crippen LogP contribution in [0.1, 0.15) is 19.8 Å². The van der Waals surface area contributed by atoms with Gasteiger partial charge in [0, 0.05) is 33.9 Å². The van der Waals surface area contributed by atoms with Crippen molar-refractivity contribution in [3.63, 3.8) is 0 Å². The van der Waals surface area contributed by atoms with E-state index in [0.717, 1.165) is 39.0 Å². The van der Waals surface area contributed by atoms with Gasteiger partial charge in [-0.25, -0.2) is 0 Å². The minimum atomic E-state index is -0.393. The molecule has 0 radical (unpaired) electrons. The first-order chi connectivity index (χ1) is 9.19. The first-order valence-corrected chi connectivity index (χ1v) is 7.13. The summed E-state index contributed by atoms with van der Waals surface area (Å²) in [4.78, 5) is 2.30. The number of methoxy groups -OCH3 is 2. The molecule has 2 fully saturated rings. The van der Waals surface area contributed by atoms with Crippen LogP contribution in [0, 0.1) is 17.2 Å². The van der Waals surface area contributed by atoms with Crippen LogP contribution in [0.15, 0.2) is 0 Å². The number of hydrogen-bond acceptors (Lipinski definition) is 5. The van der Waals surface area contributed by atoms with Crippen molar-refractivity contribution in [2.75, 3.05) is 40.4 Å². The van der Waals surface area contributed by atoms with E-state index in [4.69, 9.17) is 9.47 Å². The van der Waals surface area contributed by atoms with Crippen LogP contribution in [0.3, 0.4) is 0 Å². The lowest BCUT2D eigenvalue weighted by Crippen LogP contribution is -2.54. The van der Waals surface area contributed by atoms with Gasteiger partial charge in [0.2, 0.25) is 0 Å². The normalized spacial score (nSPS) is 31.1. The summed E-state index contributed by atoms with van der Waals surface area (Å²) in [5.41, 5.74) is -0.393. The van der Waals surface area contributed by atoms with E-state index in [9.17, 15) is 5.26 Å². The third kappa shape index (κ3) is 3.09. The van der Waals surface area contributed by atoms with Crippen molar-refractivity contribution in [2.45, 2.75) is 37.5 Å². The lowest BCUT2D eigenvalue weighted by Gasteiger charge is -2.32. The van der Waals surface area contributed by atoms with E-state index in [0.29, 0.717) is 5.92 Å². The highest BCUT2D eigenvalue weighted by Crippen LogP contribution is 2.40. The second kappa shape index (κ2) is 6.19. The maximum atomic E-state index is 9.62. The number of nitriles is 1. The third-order valence-corrected chi connectivity index (χ3v) is 4.34. The van der Waals surface area contributed by atoms with Crippen molar-refractivity contribution >= 4 is 0 Å². The zero-order valence-electron chi connectivity index (χ0n) is 12.2. The van der Waals surface area contributed by atoms with Crippen molar-refractivity contribution in [2.24, 2.45) is 5.92 Å². The number of nitrogens with zero attached hydrogens (tertiary/aromatic N) is 2. The molecule has 0 bridgehead atoms. The molecule has 2 aliphatic rings. The topological polar surface area (TPSA) is 57.5 Å². The highest BCUT2D eigenvalue weighted by atomic mass is 16.5. The summed E-state index contributed by atoms with van der Waals surface area (Å²) >= 11 is 0. The lowest BCUT2D eigenvalue weighted by molar-refractivity contribution is -0.00461. The molecule has 1 heterocycles. The summed E-state index contributed by atoms with van der Waals surface area (Å²) in [5.74, 6) is 0.500. The summed E-state index contributed by atoms with van der Waals surface area (Å²) in [7, 11) is 3.45. The Morgan fingerprint density at radius 1 is 1.26 bits per heavy atom. The maximum Gasteiger partial charge on any atom is 0.122 e. The Labute approximate surface area is 115 Å². The molecule has 5 heteroatoms. The van der Waals surface area contributed by atoms with Gasteiger partial charge < -0.3 is 9.47 Å². The van der Waals surface area contributed by atoms with E-state index in [-0.39, 0.29) is 12.2 Å². The van der Waals surface area contributed by atoms with Gasteiger partial charge in [0.25, 0.3) is 0 Å². The molecule has 0 aromatic carbocycles. The SMILES string of the molecule is CCNC(C#N)(CN1CC(OC)C(OC)C1)C1CC1. The molecule has 5 nitrogen and oxygen atoms in total. The van der Waals surface area contributed by atoms with Crippen LogP contribution in [-0.4, -0.2) is 63.0 Å². The second-order valence-electron chi connectivity index (χ2n) is 5.63. The Bertz CT molecular complexity index is 328. The molecule has 1 N–H and O–H groups in total. The Hall–Kier alpha value is -0.670. The number of hydrogen-bond donors (Lipinski definition) is 1. The summed E-state index contributed by atoms with van der Waals surface area (Å²) < 4.78 is 10.9.